The number of ether oxygens (including phenoxy) is 1. The number of ketones is 1. The highest BCUT2D eigenvalue weighted by Crippen LogP contribution is 2.39. The Morgan fingerprint density at radius 2 is 1.87 bits per heavy atom. The van der Waals surface area contributed by atoms with E-state index < -0.39 is 23.5 Å². The summed E-state index contributed by atoms with van der Waals surface area (Å²) in [5, 5.41) is 13.4. The van der Waals surface area contributed by atoms with Crippen LogP contribution in [0.5, 0.6) is 5.75 Å². The number of nitrogens with one attached hydrogen (secondary N) is 1. The molecule has 1 amide bonds. The molecule has 2 aromatic carbocycles. The van der Waals surface area contributed by atoms with E-state index in [1.807, 2.05) is 45.3 Å². The molecule has 3 rings (SSSR count). The van der Waals surface area contributed by atoms with E-state index in [1.54, 1.807) is 24.3 Å². The van der Waals surface area contributed by atoms with Gasteiger partial charge in [-0.1, -0.05) is 52.9 Å². The molecule has 0 radical (unpaired) electrons. The molecule has 6 nitrogen and oxygen atoms in total. The number of benzene rings is 2. The second-order valence-corrected chi connectivity index (χ2v) is 8.77. The second kappa shape index (κ2) is 10.1. The minimum absolute atomic E-state index is 0.000849. The molecule has 1 atom stereocenters. The highest BCUT2D eigenvalue weighted by atomic mass is 79.9. The third-order valence-corrected chi connectivity index (χ3v) is 5.63. The zero-order valence-electron chi connectivity index (χ0n) is 18.0. The standard InChI is InChI=1S/C24H27BrN2O4/c1-4-14-31-19-10-8-16(9-11-19)22(28)20-21(17-6-5-7-18(25)15-17)27(13-12-26(2)3)24(30)23(20)29/h5-11,15,21,28H,4,12-14H2,1-3H3/b22-20+. The zero-order valence-corrected chi connectivity index (χ0v) is 19.6. The Labute approximate surface area is 191 Å². The number of Topliss-reactive ketones (excluding diaryl/α,β-unsaturated/α-hetero) is 1. The first-order valence-electron chi connectivity index (χ1n) is 10.4. The number of rotatable bonds is 8. The molecule has 1 fully saturated rings. The van der Waals surface area contributed by atoms with Crippen LogP contribution in [0.2, 0.25) is 0 Å². The van der Waals surface area contributed by atoms with Crippen molar-refractivity contribution >= 4 is 33.4 Å². The van der Waals surface area contributed by atoms with E-state index in [0.717, 1.165) is 21.4 Å². The highest BCUT2D eigenvalue weighted by molar-refractivity contribution is 9.10. The SMILES string of the molecule is CCCOc1ccc(/C([O-])=C2\C(=O)C(=O)N(CC[NH+](C)C)C2c2cccc(Br)c2)cc1. The molecule has 0 aromatic heterocycles. The van der Waals surface area contributed by atoms with Crippen LogP contribution in [0.4, 0.5) is 0 Å². The molecule has 1 saturated heterocycles. The van der Waals surface area contributed by atoms with E-state index in [1.165, 1.54) is 4.90 Å². The fourth-order valence-electron chi connectivity index (χ4n) is 3.55. The van der Waals surface area contributed by atoms with Crippen LogP contribution in [0.3, 0.4) is 0 Å². The maximum absolute atomic E-state index is 13.4. The van der Waals surface area contributed by atoms with Crippen molar-refractivity contribution in [3.05, 3.63) is 69.7 Å². The molecule has 2 aromatic rings. The van der Waals surface area contributed by atoms with E-state index in [-0.39, 0.29) is 5.57 Å². The lowest BCUT2D eigenvalue weighted by Gasteiger charge is -2.28. The van der Waals surface area contributed by atoms with Crippen molar-refractivity contribution in [2.24, 2.45) is 0 Å². The van der Waals surface area contributed by atoms with Gasteiger partial charge in [0.1, 0.15) is 5.75 Å². The van der Waals surface area contributed by atoms with Crippen molar-refractivity contribution in [3.63, 3.8) is 0 Å². The van der Waals surface area contributed by atoms with Crippen molar-refractivity contribution in [3.8, 4) is 5.75 Å². The van der Waals surface area contributed by atoms with Gasteiger partial charge < -0.3 is 19.6 Å². The summed E-state index contributed by atoms with van der Waals surface area (Å²) >= 11 is 3.45. The van der Waals surface area contributed by atoms with E-state index in [2.05, 4.69) is 15.9 Å². The molecule has 31 heavy (non-hydrogen) atoms. The number of quaternary nitrogens is 1. The van der Waals surface area contributed by atoms with Crippen molar-refractivity contribution in [1.29, 1.82) is 0 Å². The highest BCUT2D eigenvalue weighted by Gasteiger charge is 2.44. The predicted octanol–water partition coefficient (Wildman–Crippen LogP) is 1.61. The molecule has 1 N–H and O–H groups in total. The average molecular weight is 487 g/mol. The number of likely N-dealkylation sites (tertiary alicyclic amines) is 1. The molecule has 0 aliphatic carbocycles. The lowest BCUT2D eigenvalue weighted by Crippen LogP contribution is -3.06. The number of hydrogen-bond acceptors (Lipinski definition) is 4. The smallest absolute Gasteiger partial charge is 0.295 e. The number of carbonyl (C=O) groups excluding carboxylic acids is 2. The monoisotopic (exact) mass is 486 g/mol. The van der Waals surface area contributed by atoms with Crippen LogP contribution in [-0.4, -0.2) is 50.4 Å². The van der Waals surface area contributed by atoms with E-state index >= 15 is 0 Å². The van der Waals surface area contributed by atoms with Crippen LogP contribution in [0, 0.1) is 0 Å². The van der Waals surface area contributed by atoms with Crippen LogP contribution in [0.1, 0.15) is 30.5 Å². The summed E-state index contributed by atoms with van der Waals surface area (Å²) in [6.45, 7) is 3.65. The number of carbonyl (C=O) groups is 2. The van der Waals surface area contributed by atoms with Gasteiger partial charge in [0.2, 0.25) is 5.78 Å². The third kappa shape index (κ3) is 5.17. The largest absolute Gasteiger partial charge is 0.872 e. The summed E-state index contributed by atoms with van der Waals surface area (Å²) in [4.78, 5) is 28.5. The van der Waals surface area contributed by atoms with Crippen LogP contribution in [0.15, 0.2) is 58.6 Å². The van der Waals surface area contributed by atoms with Gasteiger partial charge in [0.15, 0.2) is 0 Å². The number of amides is 1. The molecule has 1 aliphatic heterocycles. The van der Waals surface area contributed by atoms with Crippen molar-refractivity contribution < 1.29 is 24.3 Å². The van der Waals surface area contributed by atoms with E-state index in [0.29, 0.717) is 31.0 Å². The molecule has 164 valence electrons. The molecule has 0 spiro atoms. The summed E-state index contributed by atoms with van der Waals surface area (Å²) in [6.07, 6.45) is 0.883. The number of halogens is 1. The number of likely N-dealkylation sites (N-methyl/N-ethyl adjacent to an activating group) is 1. The van der Waals surface area contributed by atoms with Gasteiger partial charge in [-0.15, -0.1) is 0 Å². The molecule has 1 heterocycles. The minimum Gasteiger partial charge on any atom is -0.872 e. The lowest BCUT2D eigenvalue weighted by atomic mass is 9.95. The van der Waals surface area contributed by atoms with Crippen LogP contribution in [-0.2, 0) is 9.59 Å². The van der Waals surface area contributed by atoms with Crippen molar-refractivity contribution in [2.45, 2.75) is 19.4 Å². The number of hydrogen-bond donors (Lipinski definition) is 1. The van der Waals surface area contributed by atoms with Gasteiger partial charge in [-0.2, -0.15) is 0 Å². The van der Waals surface area contributed by atoms with Gasteiger partial charge in [0.25, 0.3) is 5.91 Å². The summed E-state index contributed by atoms with van der Waals surface area (Å²) < 4.78 is 6.39. The van der Waals surface area contributed by atoms with Gasteiger partial charge in [-0.25, -0.2) is 0 Å². The van der Waals surface area contributed by atoms with Crippen LogP contribution >= 0.6 is 15.9 Å². The van der Waals surface area contributed by atoms with Gasteiger partial charge in [-0.3, -0.25) is 9.59 Å². The van der Waals surface area contributed by atoms with Gasteiger partial charge in [-0.05, 0) is 41.8 Å². The summed E-state index contributed by atoms with van der Waals surface area (Å²) in [6, 6.07) is 13.4. The third-order valence-electron chi connectivity index (χ3n) is 5.14. The first-order valence-corrected chi connectivity index (χ1v) is 11.2. The Kier molecular flexibility index (Phi) is 7.51. The van der Waals surface area contributed by atoms with Crippen molar-refractivity contribution in [1.82, 2.24) is 4.90 Å². The van der Waals surface area contributed by atoms with E-state index in [4.69, 9.17) is 4.74 Å². The van der Waals surface area contributed by atoms with Crippen LogP contribution in [0.25, 0.3) is 5.76 Å². The molecule has 1 aliphatic rings. The van der Waals surface area contributed by atoms with Crippen LogP contribution < -0.4 is 14.7 Å². The minimum atomic E-state index is -0.727. The predicted molar refractivity (Wildman–Crippen MR) is 120 cm³/mol. The molecular formula is C24H27BrN2O4. The van der Waals surface area contributed by atoms with Crippen molar-refractivity contribution in [2.75, 3.05) is 33.8 Å². The van der Waals surface area contributed by atoms with Gasteiger partial charge in [0, 0.05) is 10.0 Å². The zero-order chi connectivity index (χ0) is 22.5. The Balaban J connectivity index is 2.06. The fraction of sp³-hybridized carbons (Fsp3) is 0.333. The first-order chi connectivity index (χ1) is 14.8. The fourth-order valence-corrected chi connectivity index (χ4v) is 3.96. The second-order valence-electron chi connectivity index (χ2n) is 7.86. The Morgan fingerprint density at radius 3 is 2.48 bits per heavy atom. The quantitative estimate of drug-likeness (QED) is 0.349. The van der Waals surface area contributed by atoms with E-state index in [9.17, 15) is 14.7 Å². The summed E-state index contributed by atoms with van der Waals surface area (Å²) in [5.74, 6) is -1.12. The first kappa shape index (κ1) is 23.0. The molecule has 1 unspecified atom stereocenters. The molecule has 0 saturated carbocycles. The Hall–Kier alpha value is -2.64. The topological polar surface area (TPSA) is 74.1 Å². The normalized spacial score (nSPS) is 18.1. The summed E-state index contributed by atoms with van der Waals surface area (Å²) in [7, 11) is 3.96. The summed E-state index contributed by atoms with van der Waals surface area (Å²) in [5.41, 5.74) is 1.09. The lowest BCUT2D eigenvalue weighted by molar-refractivity contribution is -0.857. The molecular weight excluding hydrogens is 460 g/mol. The maximum Gasteiger partial charge on any atom is 0.295 e. The Morgan fingerprint density at radius 1 is 1.16 bits per heavy atom. The Bertz CT molecular complexity index is 985. The molecule has 7 heteroatoms. The molecule has 0 bridgehead atoms. The average Bonchev–Trinajstić information content (AvgIpc) is 3.01. The van der Waals surface area contributed by atoms with Gasteiger partial charge in [0.05, 0.1) is 39.8 Å². The maximum atomic E-state index is 13.4. The van der Waals surface area contributed by atoms with Gasteiger partial charge >= 0.3 is 0 Å². The number of nitrogens with zero attached hydrogens (tertiary/aromatic N) is 1.